The first-order valence-electron chi connectivity index (χ1n) is 12.9. The van der Waals surface area contributed by atoms with E-state index in [2.05, 4.69) is 25.0 Å². The second-order valence-electron chi connectivity index (χ2n) is 9.15. The van der Waals surface area contributed by atoms with Crippen molar-refractivity contribution in [2.24, 2.45) is 0 Å². The Labute approximate surface area is 242 Å². The normalized spacial score (nSPS) is 12.0. The van der Waals surface area contributed by atoms with Crippen LogP contribution in [0.2, 0.25) is 0 Å². The Morgan fingerprint density at radius 3 is 2.20 bits per heavy atom. The molecule has 5 rings (SSSR count). The van der Waals surface area contributed by atoms with Gasteiger partial charge in [0.2, 0.25) is 11.9 Å². The van der Waals surface area contributed by atoms with E-state index in [1.807, 2.05) is 67.6 Å². The number of carbonyl (C=O) groups excluding carboxylic acids is 1. The fraction of sp³-hybridized carbons (Fsp3) is 0.133. The van der Waals surface area contributed by atoms with Crippen LogP contribution in [0.5, 0.6) is 0 Å². The van der Waals surface area contributed by atoms with Crippen molar-refractivity contribution >= 4 is 39.3 Å². The maximum Gasteiger partial charge on any atom is 0.264 e. The van der Waals surface area contributed by atoms with Gasteiger partial charge in [-0.25, -0.2) is 28.1 Å². The number of aromatic nitrogens is 4. The van der Waals surface area contributed by atoms with Crippen molar-refractivity contribution in [3.63, 3.8) is 0 Å². The van der Waals surface area contributed by atoms with Gasteiger partial charge < -0.3 is 10.3 Å². The van der Waals surface area contributed by atoms with Crippen molar-refractivity contribution in [2.45, 2.75) is 35.6 Å². The molecule has 208 valence electrons. The molecule has 0 radical (unpaired) electrons. The molecule has 3 N–H and O–H groups in total. The number of nitrogens with zero attached hydrogens (tertiary/aromatic N) is 3. The van der Waals surface area contributed by atoms with Crippen LogP contribution in [0.25, 0.3) is 22.5 Å². The van der Waals surface area contributed by atoms with Crippen LogP contribution in [0.3, 0.4) is 0 Å². The second kappa shape index (κ2) is 12.4. The summed E-state index contributed by atoms with van der Waals surface area (Å²) < 4.78 is 27.9. The monoisotopic (exact) mass is 584 g/mol. The standard InChI is InChI=1S/C30H28N6O3S2/c1-3-25(40-30-34-26(21-10-6-4-7-11-21)27(35-30)22-12-8-5-9-13-22)28(37)33-23-14-16-24(17-15-23)41(38,39)36-29-31-19-18-20(2)32-29/h4-19,25H,3H2,1-2H3,(H,33,37)(H,34,35)(H,31,32,36). The molecular weight excluding hydrogens is 557 g/mol. The Hall–Kier alpha value is -4.48. The smallest absolute Gasteiger partial charge is 0.264 e. The summed E-state index contributed by atoms with van der Waals surface area (Å²) in [6.07, 6.45) is 2.04. The van der Waals surface area contributed by atoms with Gasteiger partial charge in [-0.3, -0.25) is 4.79 Å². The third kappa shape index (κ3) is 6.82. The number of rotatable bonds is 10. The minimum absolute atomic E-state index is 0.00559. The predicted octanol–water partition coefficient (Wildman–Crippen LogP) is 6.15. The maximum atomic E-state index is 13.2. The van der Waals surface area contributed by atoms with E-state index >= 15 is 0 Å². The number of nitrogens with one attached hydrogen (secondary N) is 3. The molecule has 1 atom stereocenters. The van der Waals surface area contributed by atoms with Crippen LogP contribution in [0, 0.1) is 6.92 Å². The summed E-state index contributed by atoms with van der Waals surface area (Å²) in [7, 11) is -3.89. The Bertz CT molecular complexity index is 1690. The number of imidazole rings is 1. The number of anilines is 2. The molecule has 2 heterocycles. The van der Waals surface area contributed by atoms with Crippen LogP contribution in [0.4, 0.5) is 11.6 Å². The third-order valence-electron chi connectivity index (χ3n) is 6.16. The Morgan fingerprint density at radius 1 is 0.902 bits per heavy atom. The average molecular weight is 585 g/mol. The van der Waals surface area contributed by atoms with Gasteiger partial charge in [-0.15, -0.1) is 0 Å². The van der Waals surface area contributed by atoms with Crippen LogP contribution in [0.1, 0.15) is 19.0 Å². The molecule has 0 fully saturated rings. The van der Waals surface area contributed by atoms with E-state index in [0.717, 1.165) is 22.5 Å². The lowest BCUT2D eigenvalue weighted by molar-refractivity contribution is -0.115. The molecule has 0 spiro atoms. The van der Waals surface area contributed by atoms with Crippen molar-refractivity contribution in [1.82, 2.24) is 19.9 Å². The molecule has 5 aromatic rings. The molecule has 11 heteroatoms. The van der Waals surface area contributed by atoms with Gasteiger partial charge in [0, 0.05) is 28.7 Å². The molecule has 0 saturated carbocycles. The molecular formula is C30H28N6O3S2. The molecule has 0 bridgehead atoms. The summed E-state index contributed by atoms with van der Waals surface area (Å²) in [6, 6.07) is 27.5. The SMILES string of the molecule is CCC(Sc1nc(-c2ccccc2)c(-c2ccccc2)[nH]1)C(=O)Nc1ccc(S(=O)(=O)Nc2nccc(C)n2)cc1. The van der Waals surface area contributed by atoms with Crippen molar-refractivity contribution in [1.29, 1.82) is 0 Å². The number of hydrogen-bond donors (Lipinski definition) is 3. The molecule has 3 aromatic carbocycles. The number of amides is 1. The topological polar surface area (TPSA) is 130 Å². The molecule has 0 saturated heterocycles. The highest BCUT2D eigenvalue weighted by Crippen LogP contribution is 2.34. The van der Waals surface area contributed by atoms with Crippen molar-refractivity contribution < 1.29 is 13.2 Å². The molecule has 1 amide bonds. The number of sulfonamides is 1. The quantitative estimate of drug-likeness (QED) is 0.168. The average Bonchev–Trinajstić information content (AvgIpc) is 3.41. The van der Waals surface area contributed by atoms with E-state index in [1.165, 1.54) is 30.1 Å². The third-order valence-corrected chi connectivity index (χ3v) is 8.75. The van der Waals surface area contributed by atoms with Crippen molar-refractivity contribution in [2.75, 3.05) is 10.0 Å². The Kier molecular flexibility index (Phi) is 8.46. The molecule has 0 aliphatic carbocycles. The van der Waals surface area contributed by atoms with Crippen LogP contribution in [-0.4, -0.2) is 39.5 Å². The predicted molar refractivity (Wildman–Crippen MR) is 162 cm³/mol. The van der Waals surface area contributed by atoms with E-state index in [9.17, 15) is 13.2 Å². The number of benzene rings is 3. The fourth-order valence-corrected chi connectivity index (χ4v) is 5.96. The van der Waals surface area contributed by atoms with Gasteiger partial charge in [0.05, 0.1) is 21.5 Å². The molecule has 0 aliphatic rings. The van der Waals surface area contributed by atoms with Gasteiger partial charge in [0.15, 0.2) is 5.16 Å². The summed E-state index contributed by atoms with van der Waals surface area (Å²) in [5.74, 6) is -0.215. The zero-order chi connectivity index (χ0) is 28.8. The summed E-state index contributed by atoms with van der Waals surface area (Å²) in [4.78, 5) is 29.5. The molecule has 41 heavy (non-hydrogen) atoms. The van der Waals surface area contributed by atoms with Gasteiger partial charge in [-0.1, -0.05) is 79.3 Å². The zero-order valence-electron chi connectivity index (χ0n) is 22.4. The van der Waals surface area contributed by atoms with Crippen LogP contribution in [-0.2, 0) is 14.8 Å². The van der Waals surface area contributed by atoms with E-state index in [0.29, 0.717) is 23.0 Å². The van der Waals surface area contributed by atoms with Crippen LogP contribution in [0.15, 0.2) is 107 Å². The van der Waals surface area contributed by atoms with Crippen LogP contribution < -0.4 is 10.0 Å². The first-order chi connectivity index (χ1) is 19.8. The number of aromatic amines is 1. The fourth-order valence-electron chi connectivity index (χ4n) is 4.10. The van der Waals surface area contributed by atoms with Crippen molar-refractivity contribution in [3.8, 4) is 22.5 Å². The van der Waals surface area contributed by atoms with E-state index in [1.54, 1.807) is 25.1 Å². The van der Waals surface area contributed by atoms with E-state index < -0.39 is 15.3 Å². The first-order valence-corrected chi connectivity index (χ1v) is 15.3. The first kappa shape index (κ1) is 28.1. The number of thioether (sulfide) groups is 1. The van der Waals surface area contributed by atoms with Gasteiger partial charge in [-0.2, -0.15) is 0 Å². The maximum absolute atomic E-state index is 13.2. The minimum Gasteiger partial charge on any atom is -0.332 e. The lowest BCUT2D eigenvalue weighted by Gasteiger charge is -2.14. The van der Waals surface area contributed by atoms with Gasteiger partial charge >= 0.3 is 0 Å². The Morgan fingerprint density at radius 2 is 1.56 bits per heavy atom. The summed E-state index contributed by atoms with van der Waals surface area (Å²) in [6.45, 7) is 3.68. The zero-order valence-corrected chi connectivity index (χ0v) is 24.0. The number of hydrogen-bond acceptors (Lipinski definition) is 7. The van der Waals surface area contributed by atoms with Gasteiger partial charge in [0.1, 0.15) is 0 Å². The number of aryl methyl sites for hydroxylation is 1. The van der Waals surface area contributed by atoms with Crippen LogP contribution >= 0.6 is 11.8 Å². The lowest BCUT2D eigenvalue weighted by Crippen LogP contribution is -2.24. The van der Waals surface area contributed by atoms with Gasteiger partial charge in [-0.05, 0) is 43.7 Å². The van der Waals surface area contributed by atoms with E-state index in [-0.39, 0.29) is 16.8 Å². The van der Waals surface area contributed by atoms with Crippen molar-refractivity contribution in [3.05, 3.63) is 103 Å². The minimum atomic E-state index is -3.89. The highest BCUT2D eigenvalue weighted by atomic mass is 32.2. The largest absolute Gasteiger partial charge is 0.332 e. The highest BCUT2D eigenvalue weighted by Gasteiger charge is 2.23. The molecule has 9 nitrogen and oxygen atoms in total. The van der Waals surface area contributed by atoms with Gasteiger partial charge in [0.25, 0.3) is 10.0 Å². The number of carbonyl (C=O) groups is 1. The molecule has 1 unspecified atom stereocenters. The highest BCUT2D eigenvalue weighted by molar-refractivity contribution is 8.00. The Balaban J connectivity index is 1.30. The second-order valence-corrected chi connectivity index (χ2v) is 12.0. The molecule has 0 aliphatic heterocycles. The summed E-state index contributed by atoms with van der Waals surface area (Å²) in [5, 5.41) is 3.09. The summed E-state index contributed by atoms with van der Waals surface area (Å²) >= 11 is 1.35. The number of H-pyrrole nitrogens is 1. The molecule has 2 aromatic heterocycles. The lowest BCUT2D eigenvalue weighted by atomic mass is 10.1. The van der Waals surface area contributed by atoms with E-state index in [4.69, 9.17) is 4.98 Å². The summed E-state index contributed by atoms with van der Waals surface area (Å²) in [5.41, 5.74) is 4.80.